The molecule has 0 saturated carbocycles. The van der Waals surface area contributed by atoms with Gasteiger partial charge in [0.1, 0.15) is 0 Å². The van der Waals surface area contributed by atoms with Gasteiger partial charge in [-0.2, -0.15) is 0 Å². The Morgan fingerprint density at radius 2 is 0.982 bits per heavy atom. The number of nitrogens with zero attached hydrogens (tertiary/aromatic N) is 3. The Morgan fingerprint density at radius 3 is 1.65 bits per heavy atom. The van der Waals surface area contributed by atoms with Crippen molar-refractivity contribution >= 4 is 102 Å². The number of aromatic nitrogens is 2. The van der Waals surface area contributed by atoms with E-state index in [0.29, 0.717) is 0 Å². The van der Waals surface area contributed by atoms with Gasteiger partial charge in [-0.05, 0) is 79.0 Å². The average Bonchev–Trinajstić information content (AvgIpc) is 3.63. The number of para-hydroxylation sites is 2. The summed E-state index contributed by atoms with van der Waals surface area (Å²) in [6.07, 6.45) is 3.76. The van der Waals surface area contributed by atoms with Crippen LogP contribution in [-0.2, 0) is 0 Å². The molecule has 0 fully saturated rings. The lowest BCUT2D eigenvalue weighted by Crippen LogP contribution is -2.77. The first-order chi connectivity index (χ1) is 28.3. The van der Waals surface area contributed by atoms with Crippen LogP contribution in [0.4, 0.5) is 17.1 Å². The zero-order chi connectivity index (χ0) is 37.5. The fraction of sp³-hybridized carbons (Fsp3) is 0. The molecule has 0 spiro atoms. The maximum absolute atomic E-state index is 4.92. The fourth-order valence-electron chi connectivity index (χ4n) is 10.3. The molecule has 0 atom stereocenters. The van der Waals surface area contributed by atoms with Crippen LogP contribution in [0.2, 0.25) is 0 Å². The Morgan fingerprint density at radius 1 is 0.421 bits per heavy atom. The van der Waals surface area contributed by atoms with E-state index in [1.807, 2.05) is 18.5 Å². The summed E-state index contributed by atoms with van der Waals surface area (Å²) >= 11 is 0. The second-order valence-corrected chi connectivity index (χ2v) is 18.9. The van der Waals surface area contributed by atoms with E-state index in [4.69, 9.17) is 9.97 Å². The van der Waals surface area contributed by atoms with Crippen LogP contribution in [0.5, 0.6) is 0 Å². The lowest BCUT2D eigenvalue weighted by atomic mass is 9.38. The minimum atomic E-state index is -2.68. The van der Waals surface area contributed by atoms with Crippen molar-refractivity contribution in [1.29, 1.82) is 0 Å². The normalized spacial score (nSPS) is 13.7. The molecule has 8 aromatic carbocycles. The molecule has 5 heteroatoms. The van der Waals surface area contributed by atoms with E-state index >= 15 is 0 Å². The Balaban J connectivity index is 1.07. The first kappa shape index (κ1) is 32.2. The third-order valence-corrected chi connectivity index (χ3v) is 17.4. The number of hydrogen-bond donors (Lipinski definition) is 0. The van der Waals surface area contributed by atoms with Crippen molar-refractivity contribution in [2.45, 2.75) is 0 Å². The van der Waals surface area contributed by atoms with Crippen molar-refractivity contribution < 1.29 is 0 Å². The molecule has 57 heavy (non-hydrogen) atoms. The van der Waals surface area contributed by atoms with Crippen molar-refractivity contribution in [2.75, 3.05) is 4.90 Å². The summed E-state index contributed by atoms with van der Waals surface area (Å²) < 4.78 is 0. The van der Waals surface area contributed by atoms with E-state index in [0.717, 1.165) is 27.5 Å². The van der Waals surface area contributed by atoms with E-state index in [9.17, 15) is 0 Å². The number of hydrogen-bond acceptors (Lipinski definition) is 3. The first-order valence-corrected chi connectivity index (χ1v) is 21.7. The summed E-state index contributed by atoms with van der Waals surface area (Å²) in [5.41, 5.74) is 12.1. The molecule has 2 aliphatic heterocycles. The smallest absolute Gasteiger partial charge is 0.243 e. The summed E-state index contributed by atoms with van der Waals surface area (Å²) in [6.45, 7) is 0.0589. The maximum Gasteiger partial charge on any atom is 0.243 e. The molecule has 0 N–H and O–H groups in total. The van der Waals surface area contributed by atoms with Crippen LogP contribution in [0.1, 0.15) is 0 Å². The minimum Gasteiger partial charge on any atom is -0.311 e. The summed E-state index contributed by atoms with van der Waals surface area (Å²) in [5, 5.41) is 10.4. The van der Waals surface area contributed by atoms with Crippen LogP contribution in [0, 0.1) is 0 Å². The van der Waals surface area contributed by atoms with Crippen LogP contribution in [0.3, 0.4) is 0 Å². The van der Waals surface area contributed by atoms with Gasteiger partial charge in [0.2, 0.25) is 6.71 Å². The van der Waals surface area contributed by atoms with Crippen LogP contribution in [0.15, 0.2) is 207 Å². The molecule has 2 aromatic heterocycles. The summed E-state index contributed by atoms with van der Waals surface area (Å²) in [6, 6.07) is 72.2. The quantitative estimate of drug-likeness (QED) is 0.138. The zero-order valence-electron chi connectivity index (χ0n) is 31.0. The van der Waals surface area contributed by atoms with Crippen LogP contribution in [0.25, 0.3) is 43.7 Å². The van der Waals surface area contributed by atoms with Crippen molar-refractivity contribution in [3.05, 3.63) is 207 Å². The highest BCUT2D eigenvalue weighted by Crippen LogP contribution is 2.39. The molecule has 3 nitrogen and oxygen atoms in total. The molecule has 0 unspecified atom stereocenters. The molecule has 2 aliphatic rings. The predicted octanol–water partition coefficient (Wildman–Crippen LogP) is 7.59. The third kappa shape index (κ3) is 4.49. The highest BCUT2D eigenvalue weighted by Gasteiger charge is 2.48. The molecule has 12 rings (SSSR count). The van der Waals surface area contributed by atoms with E-state index in [2.05, 4.69) is 193 Å². The van der Waals surface area contributed by atoms with Crippen LogP contribution < -0.4 is 42.0 Å². The van der Waals surface area contributed by atoms with Crippen molar-refractivity contribution in [3.8, 4) is 11.1 Å². The van der Waals surface area contributed by atoms with E-state index in [1.165, 1.54) is 70.4 Å². The molecule has 0 saturated heterocycles. The second kappa shape index (κ2) is 12.5. The number of anilines is 3. The van der Waals surface area contributed by atoms with Crippen LogP contribution >= 0.6 is 0 Å². The molecule has 264 valence electrons. The van der Waals surface area contributed by atoms with E-state index in [1.54, 1.807) is 0 Å². The molecule has 0 bridgehead atoms. The number of fused-ring (bicyclic) bond motifs is 12. The highest BCUT2D eigenvalue weighted by molar-refractivity contribution is 7.21. The van der Waals surface area contributed by atoms with Crippen molar-refractivity contribution in [3.63, 3.8) is 0 Å². The van der Waals surface area contributed by atoms with Gasteiger partial charge >= 0.3 is 0 Å². The molecule has 0 radical (unpaired) electrons. The number of rotatable bonds is 4. The first-order valence-electron chi connectivity index (χ1n) is 19.7. The van der Waals surface area contributed by atoms with Crippen molar-refractivity contribution in [1.82, 2.24) is 9.97 Å². The van der Waals surface area contributed by atoms with Gasteiger partial charge < -0.3 is 4.90 Å². The van der Waals surface area contributed by atoms with Crippen molar-refractivity contribution in [2.24, 2.45) is 0 Å². The van der Waals surface area contributed by atoms with Gasteiger partial charge in [-0.1, -0.05) is 174 Å². The van der Waals surface area contributed by atoms with Gasteiger partial charge in [0.25, 0.3) is 0 Å². The monoisotopic (exact) mass is 739 g/mol. The molecule has 10 aromatic rings. The molecular weight excluding hydrogens is 705 g/mol. The average molecular weight is 740 g/mol. The standard InChI is InChI=1S/C52H34BN3Si/c1-3-15-37(16-4-1)57(38-17-5-2-6-18-38)47-25-11-9-23-45(47)56(46-24-10-12-26-48(46)57)36-29-27-35(28-30-36)53-44-22-8-7-19-39(44)41-32-31-40-42-20-13-33-54-51(42)52-43(21-14-34-55-52)49(40)50(41)53/h1-34H. The number of pyridine rings is 2. The van der Waals surface area contributed by atoms with Gasteiger partial charge in [-0.15, -0.1) is 0 Å². The summed E-state index contributed by atoms with van der Waals surface area (Å²) in [7, 11) is -2.68. The number of benzene rings is 8. The maximum atomic E-state index is 4.92. The van der Waals surface area contributed by atoms with Gasteiger partial charge in [0, 0.05) is 40.2 Å². The molecular formula is C52H34BN3Si. The molecule has 0 aliphatic carbocycles. The lowest BCUT2D eigenvalue weighted by Gasteiger charge is -2.45. The molecule has 4 heterocycles. The fourth-order valence-corrected chi connectivity index (χ4v) is 15.4. The Hall–Kier alpha value is -7.08. The van der Waals surface area contributed by atoms with Crippen LogP contribution in [-0.4, -0.2) is 24.8 Å². The second-order valence-electron chi connectivity index (χ2n) is 15.2. The third-order valence-electron chi connectivity index (χ3n) is 12.5. The minimum absolute atomic E-state index is 0.0589. The highest BCUT2D eigenvalue weighted by atomic mass is 28.3. The zero-order valence-corrected chi connectivity index (χ0v) is 32.0. The SMILES string of the molecule is c1ccc([Si]2(c3ccccc3)c3ccccc3N(c3ccc(B4c5ccccc5-c5ccc6c7cccnc7c7ncccc7c6c54)cc3)c3ccccc32)cc1. The van der Waals surface area contributed by atoms with Gasteiger partial charge in [0.15, 0.2) is 8.07 Å². The van der Waals surface area contributed by atoms with E-state index < -0.39 is 8.07 Å². The van der Waals surface area contributed by atoms with E-state index in [-0.39, 0.29) is 6.71 Å². The Bertz CT molecular complexity index is 3080. The molecule has 0 amide bonds. The Labute approximate surface area is 332 Å². The summed E-state index contributed by atoms with van der Waals surface area (Å²) in [4.78, 5) is 12.2. The predicted molar refractivity (Wildman–Crippen MR) is 243 cm³/mol. The van der Waals surface area contributed by atoms with Gasteiger partial charge in [0.05, 0.1) is 11.0 Å². The van der Waals surface area contributed by atoms with Gasteiger partial charge in [-0.25, -0.2) is 0 Å². The topological polar surface area (TPSA) is 29.0 Å². The largest absolute Gasteiger partial charge is 0.311 e. The van der Waals surface area contributed by atoms with Gasteiger partial charge in [-0.3, -0.25) is 9.97 Å². The Kier molecular flexibility index (Phi) is 7.04. The summed E-state index contributed by atoms with van der Waals surface area (Å²) in [5.74, 6) is 0. The lowest BCUT2D eigenvalue weighted by molar-refractivity contribution is 1.29.